The summed E-state index contributed by atoms with van der Waals surface area (Å²) in [7, 11) is 0. The van der Waals surface area contributed by atoms with E-state index in [-0.39, 0.29) is 18.2 Å². The second-order valence-electron chi connectivity index (χ2n) is 12.8. The molecule has 12 heteroatoms. The molecule has 2 aliphatic rings. The lowest BCUT2D eigenvalue weighted by molar-refractivity contribution is 0.164. The summed E-state index contributed by atoms with van der Waals surface area (Å²) in [5, 5.41) is 24.6. The molecule has 3 aromatic heterocycles. The Kier molecular flexibility index (Phi) is 9.76. The number of pyridine rings is 1. The van der Waals surface area contributed by atoms with Gasteiger partial charge in [0.05, 0.1) is 31.3 Å². The van der Waals surface area contributed by atoms with Crippen molar-refractivity contribution in [3.05, 3.63) is 143 Å². The standard InChI is InChI=1S/C20H23N5O.C17H18N6/c1-15(2)26-18-10-8-17(9-11-18)19-20-21-22-23-25(20)13-12-24(19)14-16-6-4-3-5-7-16;1-13-3-2-4-14(11-13)12-22-9-10-23-17(19-20-21-23)16(22)15-5-7-18-8-6-15/h3-11,15,19H,12-14H2,1-2H3;2-8,11,16H,9-10,12H2,1H3. The van der Waals surface area contributed by atoms with Gasteiger partial charge in [0.2, 0.25) is 0 Å². The molecule has 0 amide bonds. The van der Waals surface area contributed by atoms with Gasteiger partial charge in [0.15, 0.2) is 11.6 Å². The van der Waals surface area contributed by atoms with Gasteiger partial charge in [-0.3, -0.25) is 14.8 Å². The highest BCUT2D eigenvalue weighted by Gasteiger charge is 2.33. The van der Waals surface area contributed by atoms with E-state index in [0.717, 1.165) is 56.7 Å². The van der Waals surface area contributed by atoms with Crippen LogP contribution in [0.3, 0.4) is 0 Å². The minimum atomic E-state index is 0.0343. The first-order valence-corrected chi connectivity index (χ1v) is 16.8. The number of tetrazole rings is 2. The molecule has 0 fully saturated rings. The second kappa shape index (κ2) is 14.8. The maximum Gasteiger partial charge on any atom is 0.173 e. The third-order valence-electron chi connectivity index (χ3n) is 8.82. The molecule has 6 aromatic rings. The van der Waals surface area contributed by atoms with Crippen LogP contribution in [0.2, 0.25) is 0 Å². The molecule has 0 radical (unpaired) electrons. The Hall–Kier alpha value is -5.33. The minimum Gasteiger partial charge on any atom is -0.491 e. The maximum absolute atomic E-state index is 5.77. The molecule has 12 nitrogen and oxygen atoms in total. The van der Waals surface area contributed by atoms with E-state index in [0.29, 0.717) is 0 Å². The lowest BCUT2D eigenvalue weighted by Crippen LogP contribution is -2.39. The van der Waals surface area contributed by atoms with E-state index in [1.165, 1.54) is 27.8 Å². The Balaban J connectivity index is 0.000000155. The predicted octanol–water partition coefficient (Wildman–Crippen LogP) is 5.05. The normalized spacial score (nSPS) is 17.6. The number of benzene rings is 3. The van der Waals surface area contributed by atoms with Crippen LogP contribution in [0.15, 0.2) is 103 Å². The molecule has 49 heavy (non-hydrogen) atoms. The summed E-state index contributed by atoms with van der Waals surface area (Å²) < 4.78 is 9.58. The third-order valence-corrected chi connectivity index (χ3v) is 8.82. The molecule has 0 spiro atoms. The first-order valence-electron chi connectivity index (χ1n) is 16.8. The molecule has 0 N–H and O–H groups in total. The van der Waals surface area contributed by atoms with Gasteiger partial charge < -0.3 is 4.74 Å². The van der Waals surface area contributed by atoms with Crippen LogP contribution in [-0.4, -0.2) is 74.4 Å². The fourth-order valence-corrected chi connectivity index (χ4v) is 6.63. The summed E-state index contributed by atoms with van der Waals surface area (Å²) in [6, 6.07) is 31.6. The summed E-state index contributed by atoms with van der Waals surface area (Å²) in [5.74, 6) is 2.67. The molecule has 3 aromatic carbocycles. The molecule has 2 aliphatic heterocycles. The number of ether oxygens (including phenoxy) is 1. The molecular weight excluding hydrogens is 614 g/mol. The monoisotopic (exact) mass is 655 g/mol. The molecular formula is C37H41N11O. The van der Waals surface area contributed by atoms with Crippen molar-refractivity contribution in [3.8, 4) is 5.75 Å². The Bertz CT molecular complexity index is 1930. The van der Waals surface area contributed by atoms with E-state index in [1.807, 2.05) is 65.9 Å². The van der Waals surface area contributed by atoms with E-state index >= 15 is 0 Å². The maximum atomic E-state index is 5.77. The Morgan fingerprint density at radius 3 is 1.82 bits per heavy atom. The van der Waals surface area contributed by atoms with Gasteiger partial charge in [-0.15, -0.1) is 10.2 Å². The lowest BCUT2D eigenvalue weighted by atomic mass is 10.0. The van der Waals surface area contributed by atoms with E-state index in [9.17, 15) is 0 Å². The van der Waals surface area contributed by atoms with Crippen molar-refractivity contribution in [1.29, 1.82) is 0 Å². The van der Waals surface area contributed by atoms with Gasteiger partial charge in [0.1, 0.15) is 5.75 Å². The molecule has 250 valence electrons. The fourth-order valence-electron chi connectivity index (χ4n) is 6.63. The summed E-state index contributed by atoms with van der Waals surface area (Å²) >= 11 is 0. The van der Waals surface area contributed by atoms with Crippen molar-refractivity contribution in [2.45, 2.75) is 65.1 Å². The highest BCUT2D eigenvalue weighted by Crippen LogP contribution is 2.33. The third kappa shape index (κ3) is 7.55. The molecule has 0 saturated heterocycles. The largest absolute Gasteiger partial charge is 0.491 e. The van der Waals surface area contributed by atoms with E-state index in [4.69, 9.17) is 4.74 Å². The van der Waals surface area contributed by atoms with Crippen LogP contribution < -0.4 is 4.74 Å². The lowest BCUT2D eigenvalue weighted by Gasteiger charge is -2.35. The van der Waals surface area contributed by atoms with E-state index < -0.39 is 0 Å². The summed E-state index contributed by atoms with van der Waals surface area (Å²) in [4.78, 5) is 8.98. The molecule has 0 aliphatic carbocycles. The Morgan fingerprint density at radius 1 is 0.653 bits per heavy atom. The number of fused-ring (bicyclic) bond motifs is 2. The second-order valence-corrected chi connectivity index (χ2v) is 12.8. The SMILES string of the molecule is CC(C)Oc1ccc(C2c3nnnn3CCN2Cc2ccccc2)cc1.Cc1cccc(CN2CCn3nnnc3C2c2ccncc2)c1. The van der Waals surface area contributed by atoms with Crippen LogP contribution in [-0.2, 0) is 26.2 Å². The fraction of sp³-hybridized carbons (Fsp3) is 0.324. The average Bonchev–Trinajstić information content (AvgIpc) is 3.80. The van der Waals surface area contributed by atoms with Crippen LogP contribution >= 0.6 is 0 Å². The van der Waals surface area contributed by atoms with Gasteiger partial charge >= 0.3 is 0 Å². The van der Waals surface area contributed by atoms with Gasteiger partial charge in [0, 0.05) is 38.6 Å². The van der Waals surface area contributed by atoms with Gasteiger partial charge in [-0.25, -0.2) is 9.36 Å². The van der Waals surface area contributed by atoms with Crippen molar-refractivity contribution in [1.82, 2.24) is 55.2 Å². The predicted molar refractivity (Wildman–Crippen MR) is 184 cm³/mol. The molecule has 0 saturated carbocycles. The van der Waals surface area contributed by atoms with Crippen LogP contribution in [0.25, 0.3) is 0 Å². The van der Waals surface area contributed by atoms with Crippen LogP contribution in [0.1, 0.15) is 65.4 Å². The number of hydrogen-bond donors (Lipinski definition) is 0. The van der Waals surface area contributed by atoms with Crippen LogP contribution in [0.4, 0.5) is 0 Å². The topological polar surface area (TPSA) is 116 Å². The van der Waals surface area contributed by atoms with Crippen molar-refractivity contribution in [2.24, 2.45) is 0 Å². The summed E-state index contributed by atoms with van der Waals surface area (Å²) in [5.41, 5.74) is 6.23. The van der Waals surface area contributed by atoms with Crippen molar-refractivity contribution in [3.63, 3.8) is 0 Å². The van der Waals surface area contributed by atoms with Crippen LogP contribution in [0.5, 0.6) is 5.75 Å². The quantitative estimate of drug-likeness (QED) is 0.221. The van der Waals surface area contributed by atoms with Crippen molar-refractivity contribution >= 4 is 0 Å². The van der Waals surface area contributed by atoms with Crippen LogP contribution in [0, 0.1) is 6.92 Å². The van der Waals surface area contributed by atoms with E-state index in [1.54, 1.807) is 0 Å². The number of rotatable bonds is 8. The molecule has 2 atom stereocenters. The average molecular weight is 656 g/mol. The highest BCUT2D eigenvalue weighted by atomic mass is 16.5. The van der Waals surface area contributed by atoms with Crippen molar-refractivity contribution < 1.29 is 4.74 Å². The zero-order valence-corrected chi connectivity index (χ0v) is 28.1. The minimum absolute atomic E-state index is 0.0343. The first-order chi connectivity index (χ1) is 24.0. The van der Waals surface area contributed by atoms with Crippen molar-refractivity contribution in [2.75, 3.05) is 13.1 Å². The smallest absolute Gasteiger partial charge is 0.173 e. The van der Waals surface area contributed by atoms with Gasteiger partial charge in [-0.1, -0.05) is 72.3 Å². The number of aromatic nitrogens is 9. The molecule has 0 bridgehead atoms. The van der Waals surface area contributed by atoms with Gasteiger partial charge in [-0.2, -0.15) is 0 Å². The number of hydrogen-bond acceptors (Lipinski definition) is 10. The molecule has 2 unspecified atom stereocenters. The number of nitrogens with zero attached hydrogens (tertiary/aromatic N) is 11. The zero-order valence-electron chi connectivity index (χ0n) is 28.1. The molecule has 8 rings (SSSR count). The van der Waals surface area contributed by atoms with E-state index in [2.05, 4.69) is 113 Å². The Labute approximate surface area is 286 Å². The summed E-state index contributed by atoms with van der Waals surface area (Å²) in [6.07, 6.45) is 3.81. The zero-order chi connectivity index (χ0) is 33.6. The molecule has 5 heterocycles. The Morgan fingerprint density at radius 2 is 1.22 bits per heavy atom. The highest BCUT2D eigenvalue weighted by molar-refractivity contribution is 5.33. The summed E-state index contributed by atoms with van der Waals surface area (Å²) in [6.45, 7) is 11.4. The van der Waals surface area contributed by atoms with Gasteiger partial charge in [0.25, 0.3) is 0 Å². The first kappa shape index (κ1) is 32.2. The van der Waals surface area contributed by atoms with Gasteiger partial charge in [-0.05, 0) is 88.1 Å². The number of aryl methyl sites for hydroxylation is 1.